The Bertz CT molecular complexity index is 724. The van der Waals surface area contributed by atoms with Crippen LogP contribution in [0.4, 0.5) is 5.69 Å². The van der Waals surface area contributed by atoms with Gasteiger partial charge in [0.1, 0.15) is 5.75 Å². The third-order valence-corrected chi connectivity index (χ3v) is 3.48. The molecule has 3 rings (SSSR count). The molecular formula is C14H12BrN3O. The van der Waals surface area contributed by atoms with Crippen LogP contribution in [0.25, 0.3) is 10.9 Å². The van der Waals surface area contributed by atoms with Crippen LogP contribution in [0.3, 0.4) is 0 Å². The molecule has 4 nitrogen and oxygen atoms in total. The Morgan fingerprint density at radius 1 is 1.26 bits per heavy atom. The van der Waals surface area contributed by atoms with Gasteiger partial charge in [0.05, 0.1) is 17.4 Å². The number of phenols is 1. The van der Waals surface area contributed by atoms with E-state index in [-0.39, 0.29) is 5.75 Å². The monoisotopic (exact) mass is 317 g/mol. The van der Waals surface area contributed by atoms with Gasteiger partial charge in [0.25, 0.3) is 0 Å². The van der Waals surface area contributed by atoms with Crippen LogP contribution in [0.1, 0.15) is 5.56 Å². The van der Waals surface area contributed by atoms with Crippen LogP contribution in [0.2, 0.25) is 0 Å². The summed E-state index contributed by atoms with van der Waals surface area (Å²) >= 11 is 3.40. The number of nitrogens with one attached hydrogen (secondary N) is 2. The lowest BCUT2D eigenvalue weighted by atomic mass is 10.2. The fraction of sp³-hybridized carbons (Fsp3) is 0.0714. The number of fused-ring (bicyclic) bond motifs is 1. The molecule has 3 aromatic rings. The fourth-order valence-corrected chi connectivity index (χ4v) is 2.41. The normalized spacial score (nSPS) is 10.8. The Morgan fingerprint density at radius 2 is 2.16 bits per heavy atom. The van der Waals surface area contributed by atoms with E-state index in [0.717, 1.165) is 26.6 Å². The highest BCUT2D eigenvalue weighted by Crippen LogP contribution is 2.25. The molecular weight excluding hydrogens is 306 g/mol. The van der Waals surface area contributed by atoms with Crippen LogP contribution in [-0.4, -0.2) is 15.3 Å². The standard InChI is InChI=1S/C14H12BrN3O/c15-11-4-5-13(19)10(6-11)7-16-12-3-1-2-9-8-17-18-14(9)12/h1-6,8,16,19H,7H2,(H,17,18). The molecule has 0 amide bonds. The van der Waals surface area contributed by atoms with Crippen molar-refractivity contribution >= 4 is 32.5 Å². The number of hydrogen-bond donors (Lipinski definition) is 3. The predicted octanol–water partition coefficient (Wildman–Crippen LogP) is 3.64. The number of nitrogens with zero attached hydrogens (tertiary/aromatic N) is 1. The molecule has 0 fully saturated rings. The van der Waals surface area contributed by atoms with Gasteiger partial charge in [-0.05, 0) is 24.3 Å². The first kappa shape index (κ1) is 12.0. The van der Waals surface area contributed by atoms with Crippen LogP contribution >= 0.6 is 15.9 Å². The maximum atomic E-state index is 9.81. The zero-order valence-electron chi connectivity index (χ0n) is 10.0. The number of para-hydroxylation sites is 1. The van der Waals surface area contributed by atoms with Crippen LogP contribution in [-0.2, 0) is 6.54 Å². The third kappa shape index (κ3) is 2.42. The van der Waals surface area contributed by atoms with Gasteiger partial charge in [-0.15, -0.1) is 0 Å². The van der Waals surface area contributed by atoms with Gasteiger partial charge in [0, 0.05) is 22.0 Å². The summed E-state index contributed by atoms with van der Waals surface area (Å²) in [5, 5.41) is 21.2. The second kappa shape index (κ2) is 4.93. The van der Waals surface area contributed by atoms with Gasteiger partial charge in [-0.3, -0.25) is 5.10 Å². The van der Waals surface area contributed by atoms with Crippen LogP contribution in [0.15, 0.2) is 47.1 Å². The lowest BCUT2D eigenvalue weighted by molar-refractivity contribution is 0.469. The SMILES string of the molecule is Oc1ccc(Br)cc1CNc1cccc2cn[nH]c12. The Labute approximate surface area is 118 Å². The smallest absolute Gasteiger partial charge is 0.120 e. The molecule has 0 atom stereocenters. The van der Waals surface area contributed by atoms with E-state index in [1.54, 1.807) is 12.3 Å². The Hall–Kier alpha value is -2.01. The molecule has 0 saturated carbocycles. The Morgan fingerprint density at radius 3 is 3.05 bits per heavy atom. The predicted molar refractivity (Wildman–Crippen MR) is 79.2 cm³/mol. The zero-order chi connectivity index (χ0) is 13.2. The summed E-state index contributed by atoms with van der Waals surface area (Å²) in [6.07, 6.45) is 1.79. The van der Waals surface area contributed by atoms with E-state index in [9.17, 15) is 5.11 Å². The molecule has 1 aromatic heterocycles. The first-order valence-corrected chi connectivity index (χ1v) is 6.67. The summed E-state index contributed by atoms with van der Waals surface area (Å²) in [4.78, 5) is 0. The second-order valence-corrected chi connectivity index (χ2v) is 5.18. The van der Waals surface area contributed by atoms with Crippen LogP contribution in [0, 0.1) is 0 Å². The molecule has 0 aliphatic heterocycles. The Kier molecular flexibility index (Phi) is 3.13. The first-order valence-electron chi connectivity index (χ1n) is 5.87. The van der Waals surface area contributed by atoms with E-state index in [4.69, 9.17) is 0 Å². The highest BCUT2D eigenvalue weighted by molar-refractivity contribution is 9.10. The van der Waals surface area contributed by atoms with Crippen molar-refractivity contribution in [2.45, 2.75) is 6.54 Å². The molecule has 0 unspecified atom stereocenters. The van der Waals surface area contributed by atoms with E-state index in [1.807, 2.05) is 30.3 Å². The van der Waals surface area contributed by atoms with E-state index < -0.39 is 0 Å². The molecule has 0 bridgehead atoms. The molecule has 0 spiro atoms. The number of hydrogen-bond acceptors (Lipinski definition) is 3. The number of halogens is 1. The topological polar surface area (TPSA) is 60.9 Å². The molecule has 0 saturated heterocycles. The van der Waals surface area contributed by atoms with Gasteiger partial charge >= 0.3 is 0 Å². The lowest BCUT2D eigenvalue weighted by Crippen LogP contribution is -2.00. The van der Waals surface area contributed by atoms with Gasteiger partial charge in [-0.1, -0.05) is 28.1 Å². The quantitative estimate of drug-likeness (QED) is 0.691. The largest absolute Gasteiger partial charge is 0.508 e. The van der Waals surface area contributed by atoms with Crippen molar-refractivity contribution < 1.29 is 5.11 Å². The molecule has 5 heteroatoms. The highest BCUT2D eigenvalue weighted by Gasteiger charge is 2.05. The minimum atomic E-state index is 0.285. The number of phenolic OH excluding ortho intramolecular Hbond substituents is 1. The summed E-state index contributed by atoms with van der Waals surface area (Å²) < 4.78 is 0.946. The Balaban J connectivity index is 1.86. The van der Waals surface area contributed by atoms with Gasteiger partial charge in [-0.25, -0.2) is 0 Å². The van der Waals surface area contributed by atoms with Gasteiger partial charge in [0.15, 0.2) is 0 Å². The van der Waals surface area contributed by atoms with E-state index in [0.29, 0.717) is 6.54 Å². The van der Waals surface area contributed by atoms with E-state index in [1.165, 1.54) is 0 Å². The van der Waals surface area contributed by atoms with Crippen molar-refractivity contribution in [3.8, 4) is 5.75 Å². The minimum absolute atomic E-state index is 0.285. The second-order valence-electron chi connectivity index (χ2n) is 4.27. The van der Waals surface area contributed by atoms with Crippen molar-refractivity contribution in [3.63, 3.8) is 0 Å². The number of aromatic amines is 1. The number of benzene rings is 2. The molecule has 0 aliphatic rings. The summed E-state index contributed by atoms with van der Waals surface area (Å²) in [7, 11) is 0. The summed E-state index contributed by atoms with van der Waals surface area (Å²) in [6.45, 7) is 0.545. The average molecular weight is 318 g/mol. The van der Waals surface area contributed by atoms with Crippen LogP contribution < -0.4 is 5.32 Å². The summed E-state index contributed by atoms with van der Waals surface area (Å²) in [5.74, 6) is 0.285. The highest BCUT2D eigenvalue weighted by atomic mass is 79.9. The minimum Gasteiger partial charge on any atom is -0.508 e. The summed E-state index contributed by atoms with van der Waals surface area (Å²) in [5.41, 5.74) is 2.78. The zero-order valence-corrected chi connectivity index (χ0v) is 11.6. The van der Waals surface area contributed by atoms with Gasteiger partial charge < -0.3 is 10.4 Å². The maximum Gasteiger partial charge on any atom is 0.120 e. The maximum absolute atomic E-state index is 9.81. The van der Waals surface area contributed by atoms with Crippen LogP contribution in [0.5, 0.6) is 5.75 Å². The third-order valence-electron chi connectivity index (χ3n) is 2.99. The number of anilines is 1. The molecule has 0 radical (unpaired) electrons. The van der Waals surface area contributed by atoms with Crippen molar-refractivity contribution in [1.82, 2.24) is 10.2 Å². The average Bonchev–Trinajstić information content (AvgIpc) is 2.88. The summed E-state index contributed by atoms with van der Waals surface area (Å²) in [6, 6.07) is 11.3. The number of H-pyrrole nitrogens is 1. The lowest BCUT2D eigenvalue weighted by Gasteiger charge is -2.09. The van der Waals surface area contributed by atoms with Crippen molar-refractivity contribution in [2.75, 3.05) is 5.32 Å². The van der Waals surface area contributed by atoms with Crippen molar-refractivity contribution in [2.24, 2.45) is 0 Å². The molecule has 2 aromatic carbocycles. The number of aromatic hydroxyl groups is 1. The molecule has 19 heavy (non-hydrogen) atoms. The van der Waals surface area contributed by atoms with E-state index in [2.05, 4.69) is 31.4 Å². The van der Waals surface area contributed by atoms with Gasteiger partial charge in [-0.2, -0.15) is 5.10 Å². The molecule has 96 valence electrons. The number of rotatable bonds is 3. The van der Waals surface area contributed by atoms with E-state index >= 15 is 0 Å². The van der Waals surface area contributed by atoms with Crippen molar-refractivity contribution in [3.05, 3.63) is 52.6 Å². The molecule has 0 aliphatic carbocycles. The first-order chi connectivity index (χ1) is 9.24. The fourth-order valence-electron chi connectivity index (χ4n) is 2.00. The van der Waals surface area contributed by atoms with Crippen molar-refractivity contribution in [1.29, 1.82) is 0 Å². The van der Waals surface area contributed by atoms with Gasteiger partial charge in [0.2, 0.25) is 0 Å². The number of aromatic nitrogens is 2. The molecule has 1 heterocycles. The molecule has 3 N–H and O–H groups in total.